The Bertz CT molecular complexity index is 605. The van der Waals surface area contributed by atoms with Crippen molar-refractivity contribution in [3.8, 4) is 0 Å². The van der Waals surface area contributed by atoms with E-state index in [-0.39, 0.29) is 0 Å². The molecule has 2 aromatic rings. The third kappa shape index (κ3) is 3.40. The molecule has 5 nitrogen and oxygen atoms in total. The molecule has 1 atom stereocenters. The second-order valence-electron chi connectivity index (χ2n) is 4.09. The van der Waals surface area contributed by atoms with Crippen molar-refractivity contribution in [3.05, 3.63) is 43.8 Å². The maximum absolute atomic E-state index is 6.29. The number of hydrogen-bond donors (Lipinski definition) is 1. The molecule has 0 radical (unpaired) electrons. The van der Waals surface area contributed by atoms with Crippen LogP contribution in [0.2, 0.25) is 5.02 Å². The second-order valence-corrected chi connectivity index (χ2v) is 6.27. The third-order valence-electron chi connectivity index (χ3n) is 2.77. The number of aromatic nitrogens is 3. The molecular formula is C12H13Br2ClN4O. The van der Waals surface area contributed by atoms with E-state index in [9.17, 15) is 0 Å². The predicted octanol–water partition coefficient (Wildman–Crippen LogP) is 3.15. The SMILES string of the molecule is COCCn1ncc(Cl)c1C(N)c1ncc(Br)cc1Br. The summed E-state index contributed by atoms with van der Waals surface area (Å²) >= 11 is 13.0. The number of nitrogens with two attached hydrogens (primary N) is 1. The normalized spacial score (nSPS) is 12.7. The van der Waals surface area contributed by atoms with Crippen LogP contribution in [-0.4, -0.2) is 28.5 Å². The largest absolute Gasteiger partial charge is 0.383 e. The molecule has 8 heteroatoms. The lowest BCUT2D eigenvalue weighted by Crippen LogP contribution is -2.20. The number of ether oxygens (including phenoxy) is 1. The van der Waals surface area contributed by atoms with E-state index >= 15 is 0 Å². The van der Waals surface area contributed by atoms with E-state index in [1.54, 1.807) is 24.2 Å². The molecule has 0 spiro atoms. The molecule has 0 aliphatic rings. The minimum Gasteiger partial charge on any atom is -0.383 e. The molecule has 20 heavy (non-hydrogen) atoms. The van der Waals surface area contributed by atoms with Crippen molar-refractivity contribution in [1.82, 2.24) is 14.8 Å². The van der Waals surface area contributed by atoms with Crippen LogP contribution in [0.3, 0.4) is 0 Å². The lowest BCUT2D eigenvalue weighted by atomic mass is 10.1. The summed E-state index contributed by atoms with van der Waals surface area (Å²) in [7, 11) is 1.64. The highest BCUT2D eigenvalue weighted by molar-refractivity contribution is 9.11. The van der Waals surface area contributed by atoms with E-state index in [0.717, 1.165) is 14.6 Å². The molecule has 0 aromatic carbocycles. The lowest BCUT2D eigenvalue weighted by Gasteiger charge is -2.16. The van der Waals surface area contributed by atoms with E-state index in [1.807, 2.05) is 6.07 Å². The van der Waals surface area contributed by atoms with Crippen molar-refractivity contribution in [3.63, 3.8) is 0 Å². The molecule has 108 valence electrons. The summed E-state index contributed by atoms with van der Waals surface area (Å²) in [6, 6.07) is 1.43. The quantitative estimate of drug-likeness (QED) is 0.801. The van der Waals surface area contributed by atoms with Crippen LogP contribution < -0.4 is 5.73 Å². The van der Waals surface area contributed by atoms with Gasteiger partial charge in [0.15, 0.2) is 0 Å². The Morgan fingerprint density at radius 1 is 1.45 bits per heavy atom. The maximum Gasteiger partial charge on any atom is 0.0923 e. The first-order valence-electron chi connectivity index (χ1n) is 5.81. The summed E-state index contributed by atoms with van der Waals surface area (Å²) in [4.78, 5) is 4.35. The Hall–Kier alpha value is -0.470. The van der Waals surface area contributed by atoms with Gasteiger partial charge in [0.05, 0.1) is 41.8 Å². The van der Waals surface area contributed by atoms with E-state index < -0.39 is 6.04 Å². The minimum atomic E-state index is -0.468. The molecule has 1 unspecified atom stereocenters. The van der Waals surface area contributed by atoms with Gasteiger partial charge in [-0.15, -0.1) is 0 Å². The van der Waals surface area contributed by atoms with Crippen LogP contribution in [0.25, 0.3) is 0 Å². The molecule has 0 bridgehead atoms. The first-order chi connectivity index (χ1) is 9.54. The Labute approximate surface area is 138 Å². The van der Waals surface area contributed by atoms with Gasteiger partial charge in [-0.2, -0.15) is 5.10 Å². The van der Waals surface area contributed by atoms with Gasteiger partial charge >= 0.3 is 0 Å². The Morgan fingerprint density at radius 3 is 2.85 bits per heavy atom. The fourth-order valence-electron chi connectivity index (χ4n) is 1.82. The van der Waals surface area contributed by atoms with Crippen LogP contribution in [0.1, 0.15) is 17.4 Å². The summed E-state index contributed by atoms with van der Waals surface area (Å²) in [6.45, 7) is 1.12. The van der Waals surface area contributed by atoms with Crippen LogP contribution in [-0.2, 0) is 11.3 Å². The molecule has 2 N–H and O–H groups in total. The number of methoxy groups -OCH3 is 1. The van der Waals surface area contributed by atoms with E-state index in [2.05, 4.69) is 41.9 Å². The van der Waals surface area contributed by atoms with E-state index in [0.29, 0.717) is 23.9 Å². The molecule has 0 saturated carbocycles. The van der Waals surface area contributed by atoms with E-state index in [4.69, 9.17) is 22.1 Å². The number of halogens is 3. The molecule has 0 fully saturated rings. The van der Waals surface area contributed by atoms with Crippen LogP contribution in [0.4, 0.5) is 0 Å². The second kappa shape index (κ2) is 7.00. The molecule has 0 aliphatic carbocycles. The van der Waals surface area contributed by atoms with Crippen molar-refractivity contribution in [2.45, 2.75) is 12.6 Å². The van der Waals surface area contributed by atoms with Gasteiger partial charge in [0.25, 0.3) is 0 Å². The minimum absolute atomic E-state index is 0.468. The predicted molar refractivity (Wildman–Crippen MR) is 84.8 cm³/mol. The van der Waals surface area contributed by atoms with Gasteiger partial charge in [-0.05, 0) is 37.9 Å². The molecule has 0 amide bonds. The van der Waals surface area contributed by atoms with Crippen LogP contribution >= 0.6 is 43.5 Å². The zero-order chi connectivity index (χ0) is 14.7. The highest BCUT2D eigenvalue weighted by Gasteiger charge is 2.21. The molecule has 0 saturated heterocycles. The Kier molecular flexibility index (Phi) is 5.57. The zero-order valence-corrected chi connectivity index (χ0v) is 14.6. The molecule has 2 aromatic heterocycles. The number of pyridine rings is 1. The number of hydrogen-bond acceptors (Lipinski definition) is 4. The zero-order valence-electron chi connectivity index (χ0n) is 10.7. The molecule has 2 heterocycles. The van der Waals surface area contributed by atoms with E-state index in [1.165, 1.54) is 0 Å². The van der Waals surface area contributed by atoms with Gasteiger partial charge < -0.3 is 10.5 Å². The summed E-state index contributed by atoms with van der Waals surface area (Å²) in [5.41, 5.74) is 7.72. The summed E-state index contributed by atoms with van der Waals surface area (Å²) < 4.78 is 8.49. The summed E-state index contributed by atoms with van der Waals surface area (Å²) in [5.74, 6) is 0. The standard InChI is InChI=1S/C12H13Br2ClN4O/c1-20-3-2-19-12(9(15)6-18-19)10(16)11-8(14)4-7(13)5-17-11/h4-6,10H,2-3,16H2,1H3. The average molecular weight is 425 g/mol. The molecular weight excluding hydrogens is 411 g/mol. The number of rotatable bonds is 5. The smallest absolute Gasteiger partial charge is 0.0923 e. The highest BCUT2D eigenvalue weighted by Crippen LogP contribution is 2.30. The fourth-order valence-corrected chi connectivity index (χ4v) is 3.31. The number of nitrogens with zero attached hydrogens (tertiary/aromatic N) is 3. The lowest BCUT2D eigenvalue weighted by molar-refractivity contribution is 0.182. The molecule has 0 aliphatic heterocycles. The van der Waals surface area contributed by atoms with Crippen molar-refractivity contribution in [2.24, 2.45) is 5.73 Å². The fraction of sp³-hybridized carbons (Fsp3) is 0.333. The van der Waals surface area contributed by atoms with Crippen molar-refractivity contribution >= 4 is 43.5 Å². The van der Waals surface area contributed by atoms with Crippen molar-refractivity contribution < 1.29 is 4.74 Å². The first-order valence-corrected chi connectivity index (χ1v) is 7.77. The Balaban J connectivity index is 2.37. The van der Waals surface area contributed by atoms with Crippen LogP contribution in [0.5, 0.6) is 0 Å². The Morgan fingerprint density at radius 2 is 2.20 bits per heavy atom. The van der Waals surface area contributed by atoms with Gasteiger partial charge in [0.1, 0.15) is 0 Å². The first kappa shape index (κ1) is 15.9. The van der Waals surface area contributed by atoms with Crippen LogP contribution in [0.15, 0.2) is 27.4 Å². The summed E-state index contributed by atoms with van der Waals surface area (Å²) in [6.07, 6.45) is 3.28. The van der Waals surface area contributed by atoms with Crippen LogP contribution in [0, 0.1) is 0 Å². The van der Waals surface area contributed by atoms with Gasteiger partial charge in [-0.1, -0.05) is 11.6 Å². The van der Waals surface area contributed by atoms with Crippen molar-refractivity contribution in [2.75, 3.05) is 13.7 Å². The third-order valence-corrected chi connectivity index (χ3v) is 4.13. The summed E-state index contributed by atoms with van der Waals surface area (Å²) in [5, 5.41) is 4.74. The maximum atomic E-state index is 6.29. The van der Waals surface area contributed by atoms with Gasteiger partial charge in [-0.25, -0.2) is 0 Å². The van der Waals surface area contributed by atoms with Gasteiger partial charge in [0.2, 0.25) is 0 Å². The average Bonchev–Trinajstić information content (AvgIpc) is 2.77. The monoisotopic (exact) mass is 422 g/mol. The topological polar surface area (TPSA) is 66.0 Å². The highest BCUT2D eigenvalue weighted by atomic mass is 79.9. The van der Waals surface area contributed by atoms with Gasteiger partial charge in [0, 0.05) is 22.3 Å². The molecule has 2 rings (SSSR count). The van der Waals surface area contributed by atoms with Crippen molar-refractivity contribution in [1.29, 1.82) is 0 Å². The van der Waals surface area contributed by atoms with Gasteiger partial charge in [-0.3, -0.25) is 9.67 Å².